The van der Waals surface area contributed by atoms with Crippen LogP contribution in [0.1, 0.15) is 25.6 Å². The maximum Gasteiger partial charge on any atom is 0.235 e. The predicted octanol–water partition coefficient (Wildman–Crippen LogP) is 2.04. The third-order valence-corrected chi connectivity index (χ3v) is 4.62. The zero-order valence-corrected chi connectivity index (χ0v) is 12.2. The molecule has 108 valence electrons. The average Bonchev–Trinajstić information content (AvgIpc) is 2.81. The Hall–Kier alpha value is -1.82. The van der Waals surface area contributed by atoms with E-state index in [2.05, 4.69) is 5.32 Å². The number of benzene rings is 1. The van der Waals surface area contributed by atoms with Crippen LogP contribution in [0, 0.1) is 0 Å². The van der Waals surface area contributed by atoms with Crippen molar-refractivity contribution in [2.75, 3.05) is 11.5 Å². The molecule has 0 aliphatic heterocycles. The van der Waals surface area contributed by atoms with Gasteiger partial charge in [0.15, 0.2) is 9.84 Å². The Morgan fingerprint density at radius 3 is 2.70 bits per heavy atom. The summed E-state index contributed by atoms with van der Waals surface area (Å²) in [7, 11) is -3.31. The van der Waals surface area contributed by atoms with Gasteiger partial charge in [-0.2, -0.15) is 0 Å². The topological polar surface area (TPSA) is 76.4 Å². The largest absolute Gasteiger partial charge is 0.459 e. The molecule has 1 atom stereocenters. The number of amides is 1. The van der Waals surface area contributed by atoms with E-state index >= 15 is 0 Å². The van der Waals surface area contributed by atoms with E-state index in [0.717, 1.165) is 11.0 Å². The maximum absolute atomic E-state index is 11.7. The van der Waals surface area contributed by atoms with Gasteiger partial charge in [-0.15, -0.1) is 0 Å². The smallest absolute Gasteiger partial charge is 0.235 e. The maximum atomic E-state index is 11.7. The fraction of sp³-hybridized carbons (Fsp3) is 0.357. The molecule has 1 heterocycles. The Morgan fingerprint density at radius 2 is 2.05 bits per heavy atom. The number of fused-ring (bicyclic) bond motifs is 1. The monoisotopic (exact) mass is 295 g/mol. The molecule has 1 amide bonds. The van der Waals surface area contributed by atoms with Crippen LogP contribution in [0.15, 0.2) is 34.7 Å². The summed E-state index contributed by atoms with van der Waals surface area (Å²) in [6, 6.07) is 9.00. The minimum atomic E-state index is -3.31. The summed E-state index contributed by atoms with van der Waals surface area (Å²) in [6.45, 7) is 3.28. The molecule has 1 N–H and O–H groups in total. The number of rotatable bonds is 5. The first kappa shape index (κ1) is 14.6. The lowest BCUT2D eigenvalue weighted by atomic mass is 10.2. The lowest BCUT2D eigenvalue weighted by Gasteiger charge is -2.11. The Balaban J connectivity index is 2.08. The van der Waals surface area contributed by atoms with Crippen LogP contribution in [-0.2, 0) is 14.6 Å². The van der Waals surface area contributed by atoms with Crippen LogP contribution < -0.4 is 5.32 Å². The first-order valence-corrected chi connectivity index (χ1v) is 8.21. The van der Waals surface area contributed by atoms with Crippen LogP contribution in [0.25, 0.3) is 11.0 Å². The van der Waals surface area contributed by atoms with Crippen molar-refractivity contribution < 1.29 is 17.6 Å². The molecule has 5 nitrogen and oxygen atoms in total. The highest BCUT2D eigenvalue weighted by Crippen LogP contribution is 2.23. The van der Waals surface area contributed by atoms with Crippen LogP contribution in [0.4, 0.5) is 0 Å². The third-order valence-electron chi connectivity index (χ3n) is 3.04. The number of sulfone groups is 1. The lowest BCUT2D eigenvalue weighted by molar-refractivity contribution is -0.119. The molecule has 2 rings (SSSR count). The van der Waals surface area contributed by atoms with Crippen molar-refractivity contribution in [3.8, 4) is 0 Å². The number of para-hydroxylation sites is 1. The van der Waals surface area contributed by atoms with Crippen molar-refractivity contribution >= 4 is 26.7 Å². The summed E-state index contributed by atoms with van der Waals surface area (Å²) in [6.07, 6.45) is 0. The van der Waals surface area contributed by atoms with Gasteiger partial charge < -0.3 is 9.73 Å². The second-order valence-corrected chi connectivity index (χ2v) is 7.01. The molecule has 0 saturated heterocycles. The van der Waals surface area contributed by atoms with Gasteiger partial charge in [0.1, 0.15) is 17.1 Å². The van der Waals surface area contributed by atoms with Crippen molar-refractivity contribution in [2.24, 2.45) is 0 Å². The molecular weight excluding hydrogens is 278 g/mol. The summed E-state index contributed by atoms with van der Waals surface area (Å²) >= 11 is 0. The summed E-state index contributed by atoms with van der Waals surface area (Å²) in [5.41, 5.74) is 0.741. The quantitative estimate of drug-likeness (QED) is 0.916. The predicted molar refractivity (Wildman–Crippen MR) is 77.1 cm³/mol. The van der Waals surface area contributed by atoms with Crippen LogP contribution in [-0.4, -0.2) is 25.8 Å². The molecule has 2 aromatic rings. The van der Waals surface area contributed by atoms with Gasteiger partial charge in [0, 0.05) is 11.1 Å². The molecule has 6 heteroatoms. The highest BCUT2D eigenvalue weighted by atomic mass is 32.2. The Bertz CT molecular complexity index is 685. The number of carbonyl (C=O) groups excluding carboxylic acids is 1. The van der Waals surface area contributed by atoms with E-state index in [-0.39, 0.29) is 11.8 Å². The van der Waals surface area contributed by atoms with Crippen molar-refractivity contribution in [2.45, 2.75) is 19.9 Å². The lowest BCUT2D eigenvalue weighted by Crippen LogP contribution is -2.32. The molecule has 20 heavy (non-hydrogen) atoms. The average molecular weight is 295 g/mol. The van der Waals surface area contributed by atoms with Crippen LogP contribution in [0.2, 0.25) is 0 Å². The van der Waals surface area contributed by atoms with Gasteiger partial charge >= 0.3 is 0 Å². The summed E-state index contributed by atoms with van der Waals surface area (Å²) in [4.78, 5) is 11.7. The zero-order chi connectivity index (χ0) is 14.8. The van der Waals surface area contributed by atoms with Crippen LogP contribution >= 0.6 is 0 Å². The first-order valence-electron chi connectivity index (χ1n) is 6.39. The molecule has 1 aromatic heterocycles. The SMILES string of the molecule is CCS(=O)(=O)CC(=O)NC(C)c1cc2ccccc2o1. The van der Waals surface area contributed by atoms with E-state index in [1.54, 1.807) is 6.92 Å². The van der Waals surface area contributed by atoms with E-state index in [4.69, 9.17) is 4.42 Å². The fourth-order valence-corrected chi connectivity index (χ4v) is 2.56. The van der Waals surface area contributed by atoms with Crippen molar-refractivity contribution in [1.82, 2.24) is 5.32 Å². The second-order valence-electron chi connectivity index (χ2n) is 4.65. The second kappa shape index (κ2) is 5.66. The molecule has 0 aliphatic carbocycles. The highest BCUT2D eigenvalue weighted by molar-refractivity contribution is 7.92. The zero-order valence-electron chi connectivity index (χ0n) is 11.4. The molecule has 0 aliphatic rings. The Labute approximate surface area is 117 Å². The molecule has 0 fully saturated rings. The normalized spacial score (nSPS) is 13.3. The molecule has 0 bridgehead atoms. The Kier molecular flexibility index (Phi) is 4.13. The van der Waals surface area contributed by atoms with Gasteiger partial charge in [0.2, 0.25) is 5.91 Å². The first-order chi connectivity index (χ1) is 9.41. The summed E-state index contributed by atoms with van der Waals surface area (Å²) < 4.78 is 28.4. The number of furan rings is 1. The van der Waals surface area contributed by atoms with Gasteiger partial charge in [-0.1, -0.05) is 25.1 Å². The van der Waals surface area contributed by atoms with Crippen molar-refractivity contribution in [1.29, 1.82) is 0 Å². The molecule has 0 spiro atoms. The number of hydrogen-bond donors (Lipinski definition) is 1. The van der Waals surface area contributed by atoms with E-state index < -0.39 is 21.5 Å². The van der Waals surface area contributed by atoms with Gasteiger partial charge in [-0.05, 0) is 19.1 Å². The minimum Gasteiger partial charge on any atom is -0.459 e. The van der Waals surface area contributed by atoms with Crippen LogP contribution in [0.5, 0.6) is 0 Å². The molecule has 0 radical (unpaired) electrons. The highest BCUT2D eigenvalue weighted by Gasteiger charge is 2.18. The number of nitrogens with one attached hydrogen (secondary N) is 1. The number of carbonyl (C=O) groups is 1. The molecule has 0 saturated carbocycles. The third kappa shape index (κ3) is 3.39. The molecule has 1 unspecified atom stereocenters. The molecular formula is C14H17NO4S. The van der Waals surface area contributed by atoms with Gasteiger partial charge in [0.25, 0.3) is 0 Å². The summed E-state index contributed by atoms with van der Waals surface area (Å²) in [5, 5.41) is 3.58. The van der Waals surface area contributed by atoms with Crippen molar-refractivity contribution in [3.05, 3.63) is 36.1 Å². The Morgan fingerprint density at radius 1 is 1.35 bits per heavy atom. The van der Waals surface area contributed by atoms with E-state index in [9.17, 15) is 13.2 Å². The standard InChI is InChI=1S/C14H17NO4S/c1-3-20(17,18)9-14(16)15-10(2)13-8-11-6-4-5-7-12(11)19-13/h4-8,10H,3,9H2,1-2H3,(H,15,16). The van der Waals surface area contributed by atoms with Crippen LogP contribution in [0.3, 0.4) is 0 Å². The summed E-state index contributed by atoms with van der Waals surface area (Å²) in [5.74, 6) is -0.443. The van der Waals surface area contributed by atoms with Gasteiger partial charge in [-0.25, -0.2) is 8.42 Å². The fourth-order valence-electron chi connectivity index (χ4n) is 1.87. The van der Waals surface area contributed by atoms with E-state index in [0.29, 0.717) is 5.76 Å². The number of hydrogen-bond acceptors (Lipinski definition) is 4. The van der Waals surface area contributed by atoms with Gasteiger partial charge in [0.05, 0.1) is 6.04 Å². The van der Waals surface area contributed by atoms with E-state index in [1.165, 1.54) is 6.92 Å². The minimum absolute atomic E-state index is 0.0422. The molecule has 1 aromatic carbocycles. The van der Waals surface area contributed by atoms with Gasteiger partial charge in [-0.3, -0.25) is 4.79 Å². The van der Waals surface area contributed by atoms with E-state index in [1.807, 2.05) is 30.3 Å². The van der Waals surface area contributed by atoms with Crippen molar-refractivity contribution in [3.63, 3.8) is 0 Å².